The van der Waals surface area contributed by atoms with Crippen molar-refractivity contribution in [3.63, 3.8) is 0 Å². The first-order valence-electron chi connectivity index (χ1n) is 10.4. The number of carbonyl (C=O) groups excluding carboxylic acids is 1. The Hall–Kier alpha value is -2.65. The Morgan fingerprint density at radius 1 is 1.26 bits per heavy atom. The molecule has 0 fully saturated rings. The van der Waals surface area contributed by atoms with E-state index in [9.17, 15) is 4.79 Å². The van der Waals surface area contributed by atoms with Crippen LogP contribution in [-0.4, -0.2) is 44.3 Å². The van der Waals surface area contributed by atoms with E-state index in [1.54, 1.807) is 35.9 Å². The molecule has 1 aliphatic carbocycles. The number of aromatic nitrogens is 4. The van der Waals surface area contributed by atoms with Gasteiger partial charge in [0.2, 0.25) is 0 Å². The van der Waals surface area contributed by atoms with Crippen molar-refractivity contribution in [3.05, 3.63) is 40.5 Å². The Morgan fingerprint density at radius 2 is 2.13 bits per heavy atom. The van der Waals surface area contributed by atoms with Crippen molar-refractivity contribution in [1.29, 1.82) is 0 Å². The highest BCUT2D eigenvalue weighted by Crippen LogP contribution is 2.39. The summed E-state index contributed by atoms with van der Waals surface area (Å²) in [6, 6.07) is 5.32. The summed E-state index contributed by atoms with van der Waals surface area (Å²) in [4.78, 5) is 19.9. The number of Topliss-reactive ketones (excluding diaryl/α,β-unsaturated/α-hetero) is 1. The number of ether oxygens (including phenoxy) is 2. The van der Waals surface area contributed by atoms with Crippen molar-refractivity contribution in [2.45, 2.75) is 31.3 Å². The summed E-state index contributed by atoms with van der Waals surface area (Å²) in [5.41, 5.74) is 2.82. The summed E-state index contributed by atoms with van der Waals surface area (Å²) >= 11 is 3.16. The number of hydrogen-bond acceptors (Lipinski definition) is 8. The van der Waals surface area contributed by atoms with Crippen molar-refractivity contribution < 1.29 is 14.3 Å². The third-order valence-electron chi connectivity index (χ3n) is 5.87. The maximum absolute atomic E-state index is 12.8. The molecular formula is C22H20N4O3S2. The van der Waals surface area contributed by atoms with Gasteiger partial charge in [-0.05, 0) is 48.9 Å². The molecule has 7 nitrogen and oxygen atoms in total. The second-order valence-corrected chi connectivity index (χ2v) is 10.0. The smallest absolute Gasteiger partial charge is 0.197 e. The number of thioether (sulfide) groups is 1. The Balaban J connectivity index is 1.27. The first-order chi connectivity index (χ1) is 15.2. The van der Waals surface area contributed by atoms with Gasteiger partial charge < -0.3 is 9.47 Å². The molecule has 158 valence electrons. The number of thiophene rings is 1. The molecule has 0 bridgehead atoms. The molecule has 9 heteroatoms. The summed E-state index contributed by atoms with van der Waals surface area (Å²) in [5.74, 6) is 2.29. The van der Waals surface area contributed by atoms with Gasteiger partial charge in [-0.1, -0.05) is 18.7 Å². The molecule has 3 aromatic heterocycles. The number of ketones is 1. The van der Waals surface area contributed by atoms with E-state index in [4.69, 9.17) is 9.47 Å². The lowest BCUT2D eigenvalue weighted by Gasteiger charge is -2.18. The van der Waals surface area contributed by atoms with E-state index in [-0.39, 0.29) is 11.5 Å². The lowest BCUT2D eigenvalue weighted by Crippen LogP contribution is -2.16. The van der Waals surface area contributed by atoms with E-state index in [1.165, 1.54) is 28.6 Å². The highest BCUT2D eigenvalue weighted by atomic mass is 32.2. The predicted octanol–water partition coefficient (Wildman–Crippen LogP) is 4.21. The molecule has 6 rings (SSSR count). The van der Waals surface area contributed by atoms with Gasteiger partial charge in [-0.15, -0.1) is 21.5 Å². The summed E-state index contributed by atoms with van der Waals surface area (Å²) in [6.07, 6.45) is 5.15. The number of hydrogen-bond donors (Lipinski definition) is 0. The fourth-order valence-corrected chi connectivity index (χ4v) is 6.39. The number of benzene rings is 1. The molecular weight excluding hydrogens is 432 g/mol. The monoisotopic (exact) mass is 452 g/mol. The second-order valence-electron chi connectivity index (χ2n) is 8.02. The summed E-state index contributed by atoms with van der Waals surface area (Å²) in [6.45, 7) is 3.34. The molecule has 1 atom stereocenters. The van der Waals surface area contributed by atoms with E-state index in [1.807, 2.05) is 4.40 Å². The zero-order valence-electron chi connectivity index (χ0n) is 17.0. The van der Waals surface area contributed by atoms with Gasteiger partial charge >= 0.3 is 0 Å². The third-order valence-corrected chi connectivity index (χ3v) is 7.97. The standard InChI is InChI=1S/C22H20N4O3S2/c1-12-2-4-14-18(8-12)31-21-19(14)20-24-25-22(26(20)11-23-21)30-10-15(27)13-3-5-16-17(9-13)29-7-6-28-16/h3,5,9,11-12H,2,4,6-8,10H2,1H3. The zero-order chi connectivity index (χ0) is 20.9. The van der Waals surface area contributed by atoms with E-state index >= 15 is 0 Å². The molecule has 1 aromatic carbocycles. The van der Waals surface area contributed by atoms with Gasteiger partial charge in [-0.2, -0.15) is 0 Å². The number of nitrogens with zero attached hydrogens (tertiary/aromatic N) is 4. The number of carbonyl (C=O) groups is 1. The number of aryl methyl sites for hydroxylation is 1. The van der Waals surface area contributed by atoms with E-state index in [2.05, 4.69) is 22.1 Å². The normalized spacial score (nSPS) is 17.8. The Kier molecular flexibility index (Phi) is 4.61. The van der Waals surface area contributed by atoms with Crippen LogP contribution in [0.15, 0.2) is 29.7 Å². The van der Waals surface area contributed by atoms with Crippen molar-refractivity contribution in [2.75, 3.05) is 19.0 Å². The molecule has 1 unspecified atom stereocenters. The van der Waals surface area contributed by atoms with Crippen LogP contribution in [0.3, 0.4) is 0 Å². The topological polar surface area (TPSA) is 78.6 Å². The molecule has 31 heavy (non-hydrogen) atoms. The minimum absolute atomic E-state index is 0.00895. The fourth-order valence-electron chi connectivity index (χ4n) is 4.25. The number of fused-ring (bicyclic) bond motifs is 6. The van der Waals surface area contributed by atoms with Gasteiger partial charge in [0.1, 0.15) is 24.4 Å². The van der Waals surface area contributed by atoms with Gasteiger partial charge in [-0.3, -0.25) is 9.20 Å². The Morgan fingerprint density at radius 3 is 3.03 bits per heavy atom. The molecule has 0 saturated carbocycles. The van der Waals surface area contributed by atoms with E-state index in [0.29, 0.717) is 41.4 Å². The van der Waals surface area contributed by atoms with Crippen LogP contribution in [-0.2, 0) is 12.8 Å². The molecule has 0 amide bonds. The fraction of sp³-hybridized carbons (Fsp3) is 0.364. The van der Waals surface area contributed by atoms with Crippen molar-refractivity contribution in [2.24, 2.45) is 5.92 Å². The Bertz CT molecular complexity index is 1330. The van der Waals surface area contributed by atoms with Crippen LogP contribution in [0.25, 0.3) is 15.9 Å². The lowest BCUT2D eigenvalue weighted by atomic mass is 9.89. The zero-order valence-corrected chi connectivity index (χ0v) is 18.6. The molecule has 1 aliphatic heterocycles. The average molecular weight is 453 g/mol. The summed E-state index contributed by atoms with van der Waals surface area (Å²) < 4.78 is 13.0. The molecule has 0 N–H and O–H groups in total. The van der Waals surface area contributed by atoms with Gasteiger partial charge in [0.15, 0.2) is 28.1 Å². The molecule has 0 spiro atoms. The van der Waals surface area contributed by atoms with E-state index in [0.717, 1.165) is 28.7 Å². The largest absolute Gasteiger partial charge is 0.486 e. The molecule has 2 aliphatic rings. The predicted molar refractivity (Wildman–Crippen MR) is 120 cm³/mol. The molecule has 4 aromatic rings. The maximum atomic E-state index is 12.8. The first kappa shape index (κ1) is 19.1. The first-order valence-corrected chi connectivity index (χ1v) is 12.2. The third kappa shape index (κ3) is 3.27. The van der Waals surface area contributed by atoms with Gasteiger partial charge in [0.25, 0.3) is 0 Å². The highest BCUT2D eigenvalue weighted by molar-refractivity contribution is 7.99. The van der Waals surface area contributed by atoms with Crippen LogP contribution >= 0.6 is 23.1 Å². The minimum Gasteiger partial charge on any atom is -0.486 e. The van der Waals surface area contributed by atoms with Crippen molar-refractivity contribution in [1.82, 2.24) is 19.6 Å². The van der Waals surface area contributed by atoms with Crippen LogP contribution in [0.5, 0.6) is 11.5 Å². The van der Waals surface area contributed by atoms with Gasteiger partial charge in [-0.25, -0.2) is 4.98 Å². The van der Waals surface area contributed by atoms with Crippen LogP contribution in [0, 0.1) is 5.92 Å². The van der Waals surface area contributed by atoms with Crippen LogP contribution in [0.1, 0.15) is 34.1 Å². The summed E-state index contributed by atoms with van der Waals surface area (Å²) in [7, 11) is 0. The van der Waals surface area contributed by atoms with Crippen LogP contribution in [0.4, 0.5) is 0 Å². The maximum Gasteiger partial charge on any atom is 0.197 e. The average Bonchev–Trinajstić information content (AvgIpc) is 3.37. The second kappa shape index (κ2) is 7.49. The van der Waals surface area contributed by atoms with Crippen LogP contribution < -0.4 is 9.47 Å². The van der Waals surface area contributed by atoms with E-state index < -0.39 is 0 Å². The molecule has 0 radical (unpaired) electrons. The molecule has 0 saturated heterocycles. The molecule has 4 heterocycles. The summed E-state index contributed by atoms with van der Waals surface area (Å²) in [5, 5.41) is 10.6. The quantitative estimate of drug-likeness (QED) is 0.339. The number of rotatable bonds is 4. The minimum atomic E-state index is 0.00895. The van der Waals surface area contributed by atoms with Crippen molar-refractivity contribution >= 4 is 44.7 Å². The Labute approximate surface area is 186 Å². The SMILES string of the molecule is CC1CCc2c(sc3ncn4c(SCC(=O)c5ccc6c(c5)OCCO6)nnc4c23)C1. The van der Waals surface area contributed by atoms with Gasteiger partial charge in [0, 0.05) is 10.4 Å². The highest BCUT2D eigenvalue weighted by Gasteiger charge is 2.24. The van der Waals surface area contributed by atoms with Crippen LogP contribution in [0.2, 0.25) is 0 Å². The lowest BCUT2D eigenvalue weighted by molar-refractivity contribution is 0.102. The van der Waals surface area contributed by atoms with Gasteiger partial charge in [0.05, 0.1) is 11.1 Å². The van der Waals surface area contributed by atoms with Crippen molar-refractivity contribution in [3.8, 4) is 11.5 Å².